The van der Waals surface area contributed by atoms with Gasteiger partial charge in [-0.3, -0.25) is 0 Å². The zero-order valence-corrected chi connectivity index (χ0v) is 11.4. The predicted octanol–water partition coefficient (Wildman–Crippen LogP) is 3.08. The predicted molar refractivity (Wildman–Crippen MR) is 70.5 cm³/mol. The van der Waals surface area contributed by atoms with Crippen LogP contribution in [0.1, 0.15) is 24.4 Å². The Morgan fingerprint density at radius 1 is 1.20 bits per heavy atom. The molecule has 0 amide bonds. The van der Waals surface area contributed by atoms with Gasteiger partial charge in [-0.05, 0) is 25.5 Å². The Morgan fingerprint density at radius 3 is 2.35 bits per heavy atom. The third-order valence-electron chi connectivity index (χ3n) is 2.54. The van der Waals surface area contributed by atoms with Gasteiger partial charge < -0.3 is 16.2 Å². The minimum absolute atomic E-state index is 0. The average Bonchev–Trinajstić information content (AvgIpc) is 2.36. The summed E-state index contributed by atoms with van der Waals surface area (Å²) in [7, 11) is 0. The molecule has 0 aliphatic carbocycles. The van der Waals surface area contributed by atoms with E-state index in [0.717, 1.165) is 0 Å². The number of nitrogens with two attached hydrogens (primary N) is 2. The zero-order chi connectivity index (χ0) is 14.5. The normalized spacial score (nSPS) is 12.9. The average molecular weight is 317 g/mol. The van der Waals surface area contributed by atoms with Crippen molar-refractivity contribution in [2.45, 2.75) is 31.4 Å². The molecule has 0 spiro atoms. The molecule has 0 aliphatic heterocycles. The molecular weight excluding hydrogens is 300 g/mol. The number of halogens is 5. The van der Waals surface area contributed by atoms with Gasteiger partial charge in [0, 0.05) is 11.6 Å². The first-order chi connectivity index (χ1) is 8.88. The van der Waals surface area contributed by atoms with Gasteiger partial charge in [0.15, 0.2) is 0 Å². The van der Waals surface area contributed by atoms with Gasteiger partial charge in [0.05, 0.1) is 0 Å². The Balaban J connectivity index is 0.00000361. The Morgan fingerprint density at radius 2 is 1.80 bits per heavy atom. The van der Waals surface area contributed by atoms with Gasteiger partial charge in [0.25, 0.3) is 0 Å². The zero-order valence-electron chi connectivity index (χ0n) is 10.6. The molecule has 0 aliphatic rings. The molecule has 1 atom stereocenters. The molecule has 1 aromatic rings. The van der Waals surface area contributed by atoms with E-state index in [1.165, 1.54) is 18.2 Å². The van der Waals surface area contributed by atoms with Crippen molar-refractivity contribution in [1.29, 1.82) is 0 Å². The van der Waals surface area contributed by atoms with Gasteiger partial charge in [-0.1, -0.05) is 18.2 Å². The smallest absolute Gasteiger partial charge is 0.428 e. The van der Waals surface area contributed by atoms with Gasteiger partial charge in [0.1, 0.15) is 5.75 Å². The monoisotopic (exact) mass is 316 g/mol. The van der Waals surface area contributed by atoms with E-state index in [2.05, 4.69) is 4.74 Å². The second kappa shape index (κ2) is 8.28. The summed E-state index contributed by atoms with van der Waals surface area (Å²) in [4.78, 5) is 0. The molecule has 0 saturated carbocycles. The summed E-state index contributed by atoms with van der Waals surface area (Å²) in [6, 6.07) is 5.06. The number of hydrogen-bond acceptors (Lipinski definition) is 3. The Labute approximate surface area is 120 Å². The maximum absolute atomic E-state index is 12.9. The first kappa shape index (κ1) is 18.9. The van der Waals surface area contributed by atoms with Crippen molar-refractivity contribution >= 4 is 12.4 Å². The van der Waals surface area contributed by atoms with E-state index < -0.39 is 18.6 Å². The van der Waals surface area contributed by atoms with Crippen LogP contribution in [-0.2, 0) is 0 Å². The van der Waals surface area contributed by atoms with Crippen molar-refractivity contribution in [2.75, 3.05) is 6.54 Å². The van der Waals surface area contributed by atoms with Crippen LogP contribution in [-0.4, -0.2) is 19.1 Å². The summed E-state index contributed by atoms with van der Waals surface area (Å²) in [5.41, 5.74) is 11.4. The van der Waals surface area contributed by atoms with Crippen molar-refractivity contribution in [1.82, 2.24) is 0 Å². The molecular formula is C12H17ClF4N2O. The lowest BCUT2D eigenvalue weighted by Crippen LogP contribution is -2.34. The first-order valence-corrected chi connectivity index (χ1v) is 5.78. The van der Waals surface area contributed by atoms with Gasteiger partial charge in [-0.2, -0.15) is 17.6 Å². The fourth-order valence-electron chi connectivity index (χ4n) is 1.56. The number of ether oxygens (including phenoxy) is 1. The quantitative estimate of drug-likeness (QED) is 0.760. The second-order valence-electron chi connectivity index (χ2n) is 4.04. The van der Waals surface area contributed by atoms with Crippen molar-refractivity contribution < 1.29 is 22.3 Å². The van der Waals surface area contributed by atoms with Crippen molar-refractivity contribution in [2.24, 2.45) is 11.5 Å². The highest BCUT2D eigenvalue weighted by Gasteiger charge is 2.44. The van der Waals surface area contributed by atoms with Crippen LogP contribution in [0.25, 0.3) is 0 Å². The summed E-state index contributed by atoms with van der Waals surface area (Å²) in [6.45, 7) is 0.407. The van der Waals surface area contributed by atoms with Crippen LogP contribution in [0.3, 0.4) is 0 Å². The molecule has 3 nitrogen and oxygen atoms in total. The molecule has 0 unspecified atom stereocenters. The fourth-order valence-corrected chi connectivity index (χ4v) is 1.56. The van der Waals surface area contributed by atoms with E-state index in [-0.39, 0.29) is 23.7 Å². The van der Waals surface area contributed by atoms with Crippen LogP contribution in [0.2, 0.25) is 0 Å². The molecule has 8 heteroatoms. The fraction of sp³-hybridized carbons (Fsp3) is 0.500. The number of hydrogen-bond donors (Lipinski definition) is 2. The van der Waals surface area contributed by atoms with Gasteiger partial charge in [-0.25, -0.2) is 0 Å². The van der Waals surface area contributed by atoms with Gasteiger partial charge in [0.2, 0.25) is 0 Å². The molecule has 1 rings (SSSR count). The lowest BCUT2D eigenvalue weighted by Gasteiger charge is -2.21. The Hall–Kier alpha value is -1.05. The summed E-state index contributed by atoms with van der Waals surface area (Å²) < 4.78 is 54.1. The minimum Gasteiger partial charge on any atom is -0.428 e. The highest BCUT2D eigenvalue weighted by atomic mass is 35.5. The van der Waals surface area contributed by atoms with E-state index >= 15 is 0 Å². The van der Waals surface area contributed by atoms with Crippen LogP contribution in [0.4, 0.5) is 17.6 Å². The number of alkyl halides is 4. The lowest BCUT2D eigenvalue weighted by molar-refractivity contribution is -0.253. The summed E-state index contributed by atoms with van der Waals surface area (Å²) >= 11 is 0. The maximum Gasteiger partial charge on any atom is 0.461 e. The standard InChI is InChI=1S/C12H16F4N2O.ClH/c13-11(14)12(15,16)19-10-6-2-1-4-8(10)9(18)5-3-7-17;/h1-2,4,6,9,11H,3,5,7,17-18H2;1H/t9-;/m1./s1. The molecule has 20 heavy (non-hydrogen) atoms. The molecule has 0 bridgehead atoms. The molecule has 0 heterocycles. The molecule has 0 saturated heterocycles. The topological polar surface area (TPSA) is 61.3 Å². The summed E-state index contributed by atoms with van der Waals surface area (Å²) in [6.07, 6.45) is -7.39. The molecule has 116 valence electrons. The van der Waals surface area contributed by atoms with Crippen LogP contribution in [0.5, 0.6) is 5.75 Å². The Bertz CT molecular complexity index is 407. The Kier molecular flexibility index (Phi) is 7.85. The van der Waals surface area contributed by atoms with Crippen LogP contribution in [0, 0.1) is 0 Å². The third kappa shape index (κ3) is 5.15. The number of para-hydroxylation sites is 1. The van der Waals surface area contributed by atoms with E-state index in [1.54, 1.807) is 6.07 Å². The summed E-state index contributed by atoms with van der Waals surface area (Å²) in [5.74, 6) is -0.336. The van der Waals surface area contributed by atoms with E-state index in [4.69, 9.17) is 11.5 Å². The second-order valence-corrected chi connectivity index (χ2v) is 4.04. The third-order valence-corrected chi connectivity index (χ3v) is 2.54. The number of benzene rings is 1. The molecule has 1 aromatic carbocycles. The van der Waals surface area contributed by atoms with E-state index in [9.17, 15) is 17.6 Å². The highest BCUT2D eigenvalue weighted by Crippen LogP contribution is 2.32. The molecule has 4 N–H and O–H groups in total. The van der Waals surface area contributed by atoms with E-state index in [0.29, 0.717) is 19.4 Å². The van der Waals surface area contributed by atoms with Crippen molar-refractivity contribution in [3.8, 4) is 5.75 Å². The van der Waals surface area contributed by atoms with Gasteiger partial charge >= 0.3 is 12.5 Å². The summed E-state index contributed by atoms with van der Waals surface area (Å²) in [5, 5.41) is 0. The van der Waals surface area contributed by atoms with Crippen LogP contribution < -0.4 is 16.2 Å². The van der Waals surface area contributed by atoms with Crippen LogP contribution in [0.15, 0.2) is 24.3 Å². The maximum atomic E-state index is 12.9. The number of rotatable bonds is 7. The SMILES string of the molecule is Cl.NCCC[C@@H](N)c1ccccc1OC(F)(F)C(F)F. The molecule has 0 fully saturated rings. The van der Waals surface area contributed by atoms with E-state index in [1.807, 2.05) is 0 Å². The first-order valence-electron chi connectivity index (χ1n) is 5.78. The molecule has 0 radical (unpaired) electrons. The van der Waals surface area contributed by atoms with Gasteiger partial charge in [-0.15, -0.1) is 12.4 Å². The van der Waals surface area contributed by atoms with Crippen LogP contribution >= 0.6 is 12.4 Å². The van der Waals surface area contributed by atoms with Crippen molar-refractivity contribution in [3.05, 3.63) is 29.8 Å². The van der Waals surface area contributed by atoms with Crippen molar-refractivity contribution in [3.63, 3.8) is 0 Å². The largest absolute Gasteiger partial charge is 0.461 e. The lowest BCUT2D eigenvalue weighted by atomic mass is 10.0. The molecule has 0 aromatic heterocycles. The minimum atomic E-state index is -4.54. The highest BCUT2D eigenvalue weighted by molar-refractivity contribution is 5.85.